The Hall–Kier alpha value is -3.66. The second-order valence-electron chi connectivity index (χ2n) is 13.5. The number of amides is 3. The minimum Gasteiger partial charge on any atom is -0.394 e. The summed E-state index contributed by atoms with van der Waals surface area (Å²) in [6, 6.07) is 24.0. The van der Waals surface area contributed by atoms with Crippen molar-refractivity contribution >= 4 is 51.1 Å². The largest absolute Gasteiger partial charge is 0.394 e. The van der Waals surface area contributed by atoms with E-state index >= 15 is 9.59 Å². The first kappa shape index (κ1) is 35.2. The van der Waals surface area contributed by atoms with Crippen molar-refractivity contribution in [3.63, 3.8) is 0 Å². The molecule has 3 fully saturated rings. The summed E-state index contributed by atoms with van der Waals surface area (Å²) < 4.78 is -0.874. The van der Waals surface area contributed by atoms with E-state index in [1.807, 2.05) is 92.7 Å². The number of benzene rings is 3. The van der Waals surface area contributed by atoms with Crippen molar-refractivity contribution in [1.29, 1.82) is 0 Å². The topological polar surface area (TPSA) is 81.2 Å². The van der Waals surface area contributed by atoms with Gasteiger partial charge in [0.1, 0.15) is 6.04 Å². The van der Waals surface area contributed by atoms with Gasteiger partial charge >= 0.3 is 0 Å². The van der Waals surface area contributed by atoms with Crippen LogP contribution < -0.4 is 4.90 Å². The molecule has 0 aromatic heterocycles. The monoisotopic (exact) mass is 741 g/mol. The molecule has 3 saturated heterocycles. The summed E-state index contributed by atoms with van der Waals surface area (Å²) in [5.41, 5.74) is 4.66. The highest BCUT2D eigenvalue weighted by atomic mass is 79.9. The number of carbonyl (C=O) groups excluding carboxylic acids is 3. The maximum atomic E-state index is 15.3. The number of aryl methyl sites for hydroxylation is 2. The molecule has 3 aromatic rings. The van der Waals surface area contributed by atoms with E-state index in [2.05, 4.69) is 29.1 Å². The van der Waals surface area contributed by atoms with Gasteiger partial charge in [0.05, 0.1) is 29.2 Å². The Balaban J connectivity index is 1.46. The molecule has 1 N–H and O–H groups in total. The summed E-state index contributed by atoms with van der Waals surface area (Å²) in [6.07, 6.45) is 4.35. The number of alkyl halides is 1. The first-order valence-corrected chi connectivity index (χ1v) is 18.7. The molecule has 0 saturated carbocycles. The number of rotatable bonds is 13. The summed E-state index contributed by atoms with van der Waals surface area (Å²) in [7, 11) is 0. The predicted molar refractivity (Wildman–Crippen MR) is 201 cm³/mol. The van der Waals surface area contributed by atoms with Gasteiger partial charge in [-0.2, -0.15) is 0 Å². The van der Waals surface area contributed by atoms with Gasteiger partial charge in [0.2, 0.25) is 11.8 Å². The number of aliphatic hydroxyl groups excluding tert-OH is 1. The predicted octanol–water partition coefficient (Wildman–Crippen LogP) is 6.11. The highest BCUT2D eigenvalue weighted by Crippen LogP contribution is 2.68. The zero-order valence-corrected chi connectivity index (χ0v) is 30.5. The zero-order chi connectivity index (χ0) is 34.9. The normalized spacial score (nSPS) is 25.9. The number of likely N-dealkylation sites (tertiary alicyclic amines) is 1. The molecule has 49 heavy (non-hydrogen) atoms. The van der Waals surface area contributed by atoms with Crippen LogP contribution in [-0.2, 0) is 27.3 Å². The number of hydrogen-bond acceptors (Lipinski definition) is 5. The molecule has 0 radical (unpaired) electrons. The molecule has 0 aliphatic carbocycles. The molecule has 256 valence electrons. The van der Waals surface area contributed by atoms with Gasteiger partial charge in [-0.1, -0.05) is 101 Å². The van der Waals surface area contributed by atoms with Gasteiger partial charge in [-0.15, -0.1) is 24.9 Å². The van der Waals surface area contributed by atoms with Crippen molar-refractivity contribution in [3.05, 3.63) is 126 Å². The number of nitrogens with zero attached hydrogens (tertiary/aromatic N) is 3. The van der Waals surface area contributed by atoms with Crippen molar-refractivity contribution in [3.8, 4) is 0 Å². The fraction of sp³-hybridized carbons (Fsp3) is 0.375. The zero-order valence-electron chi connectivity index (χ0n) is 28.1. The van der Waals surface area contributed by atoms with Crippen molar-refractivity contribution < 1.29 is 19.5 Å². The number of anilines is 1. The van der Waals surface area contributed by atoms with E-state index in [0.717, 1.165) is 27.9 Å². The minimum absolute atomic E-state index is 0.0803. The number of thioether (sulfide) groups is 1. The molecule has 9 heteroatoms. The van der Waals surface area contributed by atoms with Gasteiger partial charge in [-0.05, 0) is 55.0 Å². The summed E-state index contributed by atoms with van der Waals surface area (Å²) in [5, 5.41) is 10.8. The number of carbonyl (C=O) groups is 3. The van der Waals surface area contributed by atoms with Gasteiger partial charge < -0.3 is 19.8 Å². The first-order valence-electron chi connectivity index (χ1n) is 16.9. The van der Waals surface area contributed by atoms with Gasteiger partial charge in [-0.25, -0.2) is 0 Å². The van der Waals surface area contributed by atoms with E-state index in [1.165, 1.54) is 0 Å². The van der Waals surface area contributed by atoms with Crippen molar-refractivity contribution in [1.82, 2.24) is 9.80 Å². The average molecular weight is 743 g/mol. The fourth-order valence-corrected chi connectivity index (χ4v) is 11.7. The van der Waals surface area contributed by atoms with Gasteiger partial charge in [0.15, 0.2) is 0 Å². The lowest BCUT2D eigenvalue weighted by Gasteiger charge is -2.40. The van der Waals surface area contributed by atoms with Crippen molar-refractivity contribution in [2.45, 2.75) is 60.1 Å². The number of aliphatic hydroxyl groups is 1. The maximum absolute atomic E-state index is 15.3. The van der Waals surface area contributed by atoms with Crippen LogP contribution in [0.15, 0.2) is 104 Å². The van der Waals surface area contributed by atoms with Crippen LogP contribution in [0.3, 0.4) is 0 Å². The fourth-order valence-electron chi connectivity index (χ4n) is 8.16. The third-order valence-corrected chi connectivity index (χ3v) is 13.5. The van der Waals surface area contributed by atoms with E-state index in [1.54, 1.807) is 38.6 Å². The van der Waals surface area contributed by atoms with E-state index in [4.69, 9.17) is 0 Å². The van der Waals surface area contributed by atoms with Crippen LogP contribution in [-0.4, -0.2) is 79.2 Å². The second-order valence-corrected chi connectivity index (χ2v) is 16.2. The molecule has 3 heterocycles. The molecule has 3 aromatic carbocycles. The van der Waals surface area contributed by atoms with E-state index < -0.39 is 28.7 Å². The number of halogens is 1. The molecule has 3 amide bonds. The van der Waals surface area contributed by atoms with Crippen LogP contribution in [0.4, 0.5) is 5.69 Å². The Morgan fingerprint density at radius 2 is 1.65 bits per heavy atom. The quantitative estimate of drug-likeness (QED) is 0.169. The summed E-state index contributed by atoms with van der Waals surface area (Å²) in [4.78, 5) is 50.2. The smallest absolute Gasteiger partial charge is 0.251 e. The molecule has 6 rings (SSSR count). The van der Waals surface area contributed by atoms with Gasteiger partial charge in [0, 0.05) is 35.4 Å². The molecule has 1 spiro atoms. The van der Waals surface area contributed by atoms with Crippen LogP contribution in [0.5, 0.6) is 0 Å². The molecular weight excluding hydrogens is 698 g/mol. The van der Waals surface area contributed by atoms with Gasteiger partial charge in [0.25, 0.3) is 5.91 Å². The Kier molecular flexibility index (Phi) is 10.5. The Bertz CT molecular complexity index is 1720. The molecule has 2 bridgehead atoms. The van der Waals surface area contributed by atoms with E-state index in [0.29, 0.717) is 25.9 Å². The third-order valence-electron chi connectivity index (χ3n) is 10.3. The van der Waals surface area contributed by atoms with Crippen LogP contribution >= 0.6 is 27.7 Å². The van der Waals surface area contributed by atoms with E-state index in [9.17, 15) is 9.90 Å². The van der Waals surface area contributed by atoms with Crippen LogP contribution in [0.1, 0.15) is 28.7 Å². The van der Waals surface area contributed by atoms with Crippen LogP contribution in [0, 0.1) is 25.7 Å². The average Bonchev–Trinajstić information content (AvgIpc) is 3.70. The Morgan fingerprint density at radius 1 is 1.00 bits per heavy atom. The summed E-state index contributed by atoms with van der Waals surface area (Å²) in [6.45, 7) is 12.5. The SMILES string of the molecule is C=CCN(Cc1ccccc1)C(=O)[C@H]1[C@H]2C(=O)N([C@@H](CO)Cc3ccccc3)C(C(=O)N(CC=C)c3cc(C)ccc3C)C23CC(Br)[C@@H]1S3. The lowest BCUT2D eigenvalue weighted by Crippen LogP contribution is -2.58. The molecule has 7 nitrogen and oxygen atoms in total. The third kappa shape index (κ3) is 6.41. The summed E-state index contributed by atoms with van der Waals surface area (Å²) >= 11 is 5.53. The second kappa shape index (κ2) is 14.7. The molecule has 3 aliphatic heterocycles. The lowest BCUT2D eigenvalue weighted by molar-refractivity contribution is -0.145. The first-order chi connectivity index (χ1) is 23.6. The molecule has 7 atom stereocenters. The Labute approximate surface area is 302 Å². The van der Waals surface area contributed by atoms with Crippen LogP contribution in [0.25, 0.3) is 0 Å². The molecule has 3 aliphatic rings. The van der Waals surface area contributed by atoms with Crippen LogP contribution in [0.2, 0.25) is 0 Å². The molecule has 3 unspecified atom stereocenters. The van der Waals surface area contributed by atoms with E-state index in [-0.39, 0.29) is 41.0 Å². The van der Waals surface area contributed by atoms with Gasteiger partial charge in [-0.3, -0.25) is 14.4 Å². The molecular formula is C40H44BrN3O4S. The summed E-state index contributed by atoms with van der Waals surface area (Å²) in [5.74, 6) is -1.94. The maximum Gasteiger partial charge on any atom is 0.251 e. The highest BCUT2D eigenvalue weighted by Gasteiger charge is 2.76. The van der Waals surface area contributed by atoms with Crippen molar-refractivity contribution in [2.24, 2.45) is 11.8 Å². The lowest BCUT2D eigenvalue weighted by atomic mass is 9.70. The highest BCUT2D eigenvalue weighted by molar-refractivity contribution is 9.09. The standard InChI is InChI=1S/C40H44BrN3O4S/c1-5-19-42(24-29-15-11-8-12-16-29)37(46)33-34-38(47)44(30(25-45)22-28-13-9-7-10-14-28)36(40(34)23-31(41)35(33)49-40)39(48)43(20-6-2)32-21-26(3)17-18-27(32)4/h5-18,21,30-31,33-36,45H,1-2,19-20,22-25H2,3-4H3/t30-,31?,33+,34+,35+,36?,40?/m1/s1. The number of fused-ring (bicyclic) bond motifs is 1. The minimum atomic E-state index is -0.902. The van der Waals surface area contributed by atoms with Crippen molar-refractivity contribution in [2.75, 3.05) is 24.6 Å². The number of hydrogen-bond donors (Lipinski definition) is 1. The Morgan fingerprint density at radius 3 is 2.29 bits per heavy atom.